The van der Waals surface area contributed by atoms with Crippen LogP contribution in [0.15, 0.2) is 36.6 Å². The summed E-state index contributed by atoms with van der Waals surface area (Å²) in [6.07, 6.45) is 8.19. The number of aromatic nitrogens is 1. The van der Waals surface area contributed by atoms with Crippen molar-refractivity contribution in [3.63, 3.8) is 0 Å². The third-order valence-electron chi connectivity index (χ3n) is 1.67. The minimum atomic E-state index is -0.346. The van der Waals surface area contributed by atoms with E-state index in [1.54, 1.807) is 31.3 Å². The molecule has 0 aliphatic rings. The van der Waals surface area contributed by atoms with Crippen LogP contribution >= 0.6 is 11.6 Å². The lowest BCUT2D eigenvalue weighted by molar-refractivity contribution is -0.137. The molecule has 84 valence electrons. The Morgan fingerprint density at radius 1 is 1.50 bits per heavy atom. The number of hydrogen-bond donors (Lipinski definition) is 0. The fraction of sp³-hybridized carbons (Fsp3) is 0.167. The molecule has 1 aromatic heterocycles. The van der Waals surface area contributed by atoms with Crippen molar-refractivity contribution in [3.8, 4) is 0 Å². The Hall–Kier alpha value is -1.61. The maximum Gasteiger partial charge on any atom is 0.330 e. The number of carbonyl (C=O) groups is 1. The summed E-state index contributed by atoms with van der Waals surface area (Å²) in [6.45, 7) is 2.15. The number of hydrogen-bond acceptors (Lipinski definition) is 3. The van der Waals surface area contributed by atoms with Gasteiger partial charge in [-0.05, 0) is 18.6 Å². The Bertz CT molecular complexity index is 396. The topological polar surface area (TPSA) is 39.2 Å². The zero-order chi connectivity index (χ0) is 11.8. The van der Waals surface area contributed by atoms with Gasteiger partial charge in [0.1, 0.15) is 5.15 Å². The molecule has 1 aromatic rings. The number of esters is 1. The Morgan fingerprint density at radius 3 is 2.94 bits per heavy atom. The summed E-state index contributed by atoms with van der Waals surface area (Å²) in [6, 6.07) is 3.54. The van der Waals surface area contributed by atoms with Gasteiger partial charge in [0.05, 0.1) is 6.61 Å². The first kappa shape index (κ1) is 12.5. The highest BCUT2D eigenvalue weighted by Gasteiger charge is 1.90. The van der Waals surface area contributed by atoms with Gasteiger partial charge in [-0.1, -0.05) is 35.9 Å². The predicted octanol–water partition coefficient (Wildman–Crippen LogP) is 2.87. The van der Waals surface area contributed by atoms with Crippen LogP contribution in [-0.4, -0.2) is 17.6 Å². The molecule has 0 aliphatic heterocycles. The Morgan fingerprint density at radius 2 is 2.31 bits per heavy atom. The summed E-state index contributed by atoms with van der Waals surface area (Å²) in [7, 11) is 0. The van der Waals surface area contributed by atoms with Gasteiger partial charge in [0.15, 0.2) is 0 Å². The molecule has 1 heterocycles. The lowest BCUT2D eigenvalue weighted by atomic mass is 10.2. The summed E-state index contributed by atoms with van der Waals surface area (Å²) < 4.78 is 4.72. The lowest BCUT2D eigenvalue weighted by Gasteiger charge is -1.93. The zero-order valence-electron chi connectivity index (χ0n) is 8.89. The van der Waals surface area contributed by atoms with Gasteiger partial charge < -0.3 is 4.74 Å². The van der Waals surface area contributed by atoms with Crippen LogP contribution in [0.4, 0.5) is 0 Å². The van der Waals surface area contributed by atoms with Crippen LogP contribution in [0.5, 0.6) is 0 Å². The first-order chi connectivity index (χ1) is 7.72. The fourth-order valence-electron chi connectivity index (χ4n) is 0.977. The monoisotopic (exact) mass is 237 g/mol. The molecule has 0 aliphatic carbocycles. The quantitative estimate of drug-likeness (QED) is 0.350. The first-order valence-corrected chi connectivity index (χ1v) is 5.23. The van der Waals surface area contributed by atoms with Crippen LogP contribution in [0.3, 0.4) is 0 Å². The predicted molar refractivity (Wildman–Crippen MR) is 64.1 cm³/mol. The number of halogens is 1. The minimum Gasteiger partial charge on any atom is -0.463 e. The van der Waals surface area contributed by atoms with Gasteiger partial charge in [-0.2, -0.15) is 0 Å². The van der Waals surface area contributed by atoms with E-state index in [0.29, 0.717) is 11.8 Å². The number of ether oxygens (including phenoxy) is 1. The molecule has 0 radical (unpaired) electrons. The maximum absolute atomic E-state index is 10.9. The van der Waals surface area contributed by atoms with E-state index in [0.717, 1.165) is 5.56 Å². The van der Waals surface area contributed by atoms with Crippen LogP contribution in [0.2, 0.25) is 5.15 Å². The Labute approximate surface area is 99.4 Å². The van der Waals surface area contributed by atoms with Crippen LogP contribution < -0.4 is 0 Å². The Kier molecular flexibility index (Phi) is 5.29. The number of allylic oxidation sites excluding steroid dienone is 2. The molecule has 3 nitrogen and oxygen atoms in total. The minimum absolute atomic E-state index is 0.346. The summed E-state index contributed by atoms with van der Waals surface area (Å²) in [4.78, 5) is 14.8. The fourth-order valence-corrected chi connectivity index (χ4v) is 1.09. The molecule has 0 aromatic carbocycles. The normalized spacial score (nSPS) is 11.1. The highest BCUT2D eigenvalue weighted by molar-refractivity contribution is 6.29. The van der Waals surface area contributed by atoms with Crippen molar-refractivity contribution >= 4 is 23.6 Å². The van der Waals surface area contributed by atoms with E-state index in [9.17, 15) is 4.79 Å². The molecule has 16 heavy (non-hydrogen) atoms. The zero-order valence-corrected chi connectivity index (χ0v) is 9.65. The molecule has 0 bridgehead atoms. The van der Waals surface area contributed by atoms with Crippen molar-refractivity contribution in [2.75, 3.05) is 6.61 Å². The standard InChI is InChI=1S/C12H12ClNO2/c1-2-16-12(15)6-4-3-5-10-7-8-11(13)14-9-10/h3-9H,2H2,1H3/b5-3+,6-4+. The van der Waals surface area contributed by atoms with E-state index in [-0.39, 0.29) is 5.97 Å². The van der Waals surface area contributed by atoms with Gasteiger partial charge in [-0.15, -0.1) is 0 Å². The van der Waals surface area contributed by atoms with Gasteiger partial charge in [0.2, 0.25) is 0 Å². The van der Waals surface area contributed by atoms with Crippen LogP contribution in [0, 0.1) is 0 Å². The average Bonchev–Trinajstić information content (AvgIpc) is 2.27. The molecule has 0 unspecified atom stereocenters. The molecule has 0 amide bonds. The van der Waals surface area contributed by atoms with E-state index in [1.807, 2.05) is 12.1 Å². The van der Waals surface area contributed by atoms with Crippen molar-refractivity contribution in [1.29, 1.82) is 0 Å². The van der Waals surface area contributed by atoms with Gasteiger partial charge in [0.25, 0.3) is 0 Å². The van der Waals surface area contributed by atoms with Crippen molar-refractivity contribution in [2.45, 2.75) is 6.92 Å². The Balaban J connectivity index is 2.48. The van der Waals surface area contributed by atoms with Crippen LogP contribution in [0.1, 0.15) is 12.5 Å². The van der Waals surface area contributed by atoms with Crippen molar-refractivity contribution in [2.24, 2.45) is 0 Å². The number of carbonyl (C=O) groups excluding carboxylic acids is 1. The highest BCUT2D eigenvalue weighted by atomic mass is 35.5. The van der Waals surface area contributed by atoms with Crippen molar-refractivity contribution in [3.05, 3.63) is 47.3 Å². The van der Waals surface area contributed by atoms with Crippen LogP contribution in [-0.2, 0) is 9.53 Å². The third-order valence-corrected chi connectivity index (χ3v) is 1.89. The molecule has 0 N–H and O–H groups in total. The van der Waals surface area contributed by atoms with E-state index in [1.165, 1.54) is 6.08 Å². The second kappa shape index (κ2) is 6.80. The third kappa shape index (κ3) is 4.75. The summed E-state index contributed by atoms with van der Waals surface area (Å²) >= 11 is 5.64. The van der Waals surface area contributed by atoms with E-state index >= 15 is 0 Å². The first-order valence-electron chi connectivity index (χ1n) is 4.85. The molecule has 0 spiro atoms. The van der Waals surface area contributed by atoms with E-state index in [4.69, 9.17) is 16.3 Å². The van der Waals surface area contributed by atoms with Crippen LogP contribution in [0.25, 0.3) is 6.08 Å². The summed E-state index contributed by atoms with van der Waals surface area (Å²) in [5.74, 6) is -0.346. The second-order valence-corrected chi connectivity index (χ2v) is 3.27. The second-order valence-electron chi connectivity index (χ2n) is 2.88. The molecule has 1 rings (SSSR count). The highest BCUT2D eigenvalue weighted by Crippen LogP contribution is 2.06. The van der Waals surface area contributed by atoms with E-state index < -0.39 is 0 Å². The van der Waals surface area contributed by atoms with Crippen molar-refractivity contribution in [1.82, 2.24) is 4.98 Å². The smallest absolute Gasteiger partial charge is 0.330 e. The van der Waals surface area contributed by atoms with Crippen molar-refractivity contribution < 1.29 is 9.53 Å². The molecular weight excluding hydrogens is 226 g/mol. The molecule has 0 fully saturated rings. The molecule has 0 saturated heterocycles. The van der Waals surface area contributed by atoms with Gasteiger partial charge >= 0.3 is 5.97 Å². The lowest BCUT2D eigenvalue weighted by Crippen LogP contribution is -1.98. The molecular formula is C12H12ClNO2. The van der Waals surface area contributed by atoms with Gasteiger partial charge in [-0.25, -0.2) is 9.78 Å². The largest absolute Gasteiger partial charge is 0.463 e. The molecule has 4 heteroatoms. The average molecular weight is 238 g/mol. The van der Waals surface area contributed by atoms with Gasteiger partial charge in [-0.3, -0.25) is 0 Å². The summed E-state index contributed by atoms with van der Waals surface area (Å²) in [5.41, 5.74) is 0.915. The van der Waals surface area contributed by atoms with Gasteiger partial charge in [0, 0.05) is 12.3 Å². The SMILES string of the molecule is CCOC(=O)/C=C/C=C/c1ccc(Cl)nc1. The number of nitrogens with zero attached hydrogens (tertiary/aromatic N) is 1. The number of rotatable bonds is 4. The summed E-state index contributed by atoms with van der Waals surface area (Å²) in [5, 5.41) is 0.458. The number of pyridine rings is 1. The maximum atomic E-state index is 10.9. The molecule has 0 atom stereocenters. The molecule has 0 saturated carbocycles. The van der Waals surface area contributed by atoms with E-state index in [2.05, 4.69) is 4.98 Å².